The molecule has 0 atom stereocenters. The number of hydrogen-bond donors (Lipinski definition) is 2. The highest BCUT2D eigenvalue weighted by molar-refractivity contribution is 5.85. The number of hydrogen-bond acceptors (Lipinski definition) is 2. The van der Waals surface area contributed by atoms with Crippen LogP contribution in [0.3, 0.4) is 0 Å². The zero-order chi connectivity index (χ0) is 10.3. The second-order valence-corrected chi connectivity index (χ2v) is 3.78. The van der Waals surface area contributed by atoms with Crippen molar-refractivity contribution in [2.24, 2.45) is 5.73 Å². The van der Waals surface area contributed by atoms with Gasteiger partial charge in [0.15, 0.2) is 0 Å². The molecule has 0 spiro atoms. The maximum absolute atomic E-state index is 6.22. The first-order valence-electron chi connectivity index (χ1n) is 5.07. The van der Waals surface area contributed by atoms with Crippen molar-refractivity contribution in [3.63, 3.8) is 0 Å². The Morgan fingerprint density at radius 2 is 1.25 bits per heavy atom. The monoisotopic (exact) mass is 232 g/mol. The van der Waals surface area contributed by atoms with Crippen LogP contribution in [0.4, 0.5) is 11.4 Å². The van der Waals surface area contributed by atoms with Crippen LogP contribution in [0.5, 0.6) is 0 Å². The minimum absolute atomic E-state index is 0. The van der Waals surface area contributed by atoms with Crippen LogP contribution in [0, 0.1) is 0 Å². The largest absolute Gasteiger partial charge is 0.355 e. The van der Waals surface area contributed by atoms with Crippen molar-refractivity contribution in [2.75, 3.05) is 5.32 Å². The van der Waals surface area contributed by atoms with E-state index < -0.39 is 0 Å². The topological polar surface area (TPSA) is 38.0 Å². The average molecular weight is 233 g/mol. The number of benzene rings is 2. The van der Waals surface area contributed by atoms with Crippen molar-refractivity contribution >= 4 is 23.8 Å². The van der Waals surface area contributed by atoms with Crippen molar-refractivity contribution in [1.82, 2.24) is 0 Å². The summed E-state index contributed by atoms with van der Waals surface area (Å²) in [6.07, 6.45) is 0. The van der Waals surface area contributed by atoms with E-state index in [4.69, 9.17) is 5.73 Å². The normalized spacial score (nSPS) is 13.1. The predicted molar refractivity (Wildman–Crippen MR) is 69.4 cm³/mol. The third kappa shape index (κ3) is 1.56. The van der Waals surface area contributed by atoms with E-state index in [1.807, 2.05) is 24.3 Å². The molecule has 0 fully saturated rings. The van der Waals surface area contributed by atoms with Crippen molar-refractivity contribution in [3.8, 4) is 0 Å². The van der Waals surface area contributed by atoms with Gasteiger partial charge >= 0.3 is 0 Å². The molecule has 0 saturated carbocycles. The maximum Gasteiger partial charge on any atom is 0.0592 e. The molecule has 82 valence electrons. The molecule has 0 saturated heterocycles. The Kier molecular flexibility index (Phi) is 2.86. The van der Waals surface area contributed by atoms with Crippen LogP contribution in [-0.2, 0) is 0 Å². The molecule has 3 heteroatoms. The quantitative estimate of drug-likeness (QED) is 0.732. The Hall–Kier alpha value is -1.51. The van der Waals surface area contributed by atoms with E-state index in [0.29, 0.717) is 0 Å². The molecule has 0 aliphatic carbocycles. The zero-order valence-corrected chi connectivity index (χ0v) is 9.50. The highest BCUT2D eigenvalue weighted by Crippen LogP contribution is 2.37. The van der Waals surface area contributed by atoms with E-state index >= 15 is 0 Å². The highest BCUT2D eigenvalue weighted by Gasteiger charge is 2.20. The van der Waals surface area contributed by atoms with Gasteiger partial charge in [-0.25, -0.2) is 0 Å². The van der Waals surface area contributed by atoms with E-state index in [9.17, 15) is 0 Å². The van der Waals surface area contributed by atoms with Gasteiger partial charge < -0.3 is 11.1 Å². The Balaban J connectivity index is 0.000000963. The van der Waals surface area contributed by atoms with Crippen LogP contribution in [0.1, 0.15) is 17.2 Å². The van der Waals surface area contributed by atoms with Crippen molar-refractivity contribution < 1.29 is 0 Å². The van der Waals surface area contributed by atoms with Crippen LogP contribution in [0.25, 0.3) is 0 Å². The molecule has 3 rings (SSSR count). The van der Waals surface area contributed by atoms with Gasteiger partial charge in [0.05, 0.1) is 6.04 Å². The molecule has 16 heavy (non-hydrogen) atoms. The first kappa shape index (κ1) is 11.0. The van der Waals surface area contributed by atoms with Crippen LogP contribution in [-0.4, -0.2) is 0 Å². The number of anilines is 2. The molecule has 2 nitrogen and oxygen atoms in total. The van der Waals surface area contributed by atoms with Gasteiger partial charge in [-0.1, -0.05) is 36.4 Å². The number of rotatable bonds is 0. The van der Waals surface area contributed by atoms with Crippen molar-refractivity contribution in [1.29, 1.82) is 0 Å². The summed E-state index contributed by atoms with van der Waals surface area (Å²) in [4.78, 5) is 0. The third-order valence-corrected chi connectivity index (χ3v) is 2.86. The minimum Gasteiger partial charge on any atom is -0.355 e. The highest BCUT2D eigenvalue weighted by atomic mass is 35.5. The summed E-state index contributed by atoms with van der Waals surface area (Å²) < 4.78 is 0. The molecule has 1 aliphatic rings. The van der Waals surface area contributed by atoms with Crippen LogP contribution >= 0.6 is 12.4 Å². The van der Waals surface area contributed by atoms with Crippen LogP contribution in [0.15, 0.2) is 48.5 Å². The summed E-state index contributed by atoms with van der Waals surface area (Å²) in [5.74, 6) is 0. The first-order valence-corrected chi connectivity index (χ1v) is 5.07. The van der Waals surface area contributed by atoms with E-state index in [1.54, 1.807) is 0 Å². The summed E-state index contributed by atoms with van der Waals surface area (Å²) >= 11 is 0. The van der Waals surface area contributed by atoms with E-state index in [0.717, 1.165) is 22.5 Å². The summed E-state index contributed by atoms with van der Waals surface area (Å²) in [5, 5.41) is 3.39. The molecule has 0 bridgehead atoms. The zero-order valence-electron chi connectivity index (χ0n) is 8.68. The molecule has 0 unspecified atom stereocenters. The fraction of sp³-hybridized carbons (Fsp3) is 0.0769. The molecule has 3 N–H and O–H groups in total. The number of nitrogens with one attached hydrogen (secondary N) is 1. The molecule has 1 heterocycles. The first-order chi connectivity index (χ1) is 7.36. The molecule has 1 aliphatic heterocycles. The summed E-state index contributed by atoms with van der Waals surface area (Å²) in [7, 11) is 0. The molecular weight excluding hydrogens is 220 g/mol. The van der Waals surface area contributed by atoms with Gasteiger partial charge in [-0.3, -0.25) is 0 Å². The average Bonchev–Trinajstić information content (AvgIpc) is 2.30. The Morgan fingerprint density at radius 3 is 1.75 bits per heavy atom. The maximum atomic E-state index is 6.22. The predicted octanol–water partition coefficient (Wildman–Crippen LogP) is 3.21. The fourth-order valence-electron chi connectivity index (χ4n) is 2.08. The lowest BCUT2D eigenvalue weighted by Crippen LogP contribution is -2.19. The Morgan fingerprint density at radius 1 is 0.812 bits per heavy atom. The summed E-state index contributed by atoms with van der Waals surface area (Å²) in [5.41, 5.74) is 10.8. The van der Waals surface area contributed by atoms with Crippen LogP contribution < -0.4 is 11.1 Å². The second-order valence-electron chi connectivity index (χ2n) is 3.78. The fourth-order valence-corrected chi connectivity index (χ4v) is 2.08. The standard InChI is InChI=1S/C13H12N2.ClH/c14-13-9-5-1-3-7-11(9)15-12-8-4-2-6-10(12)13;/h1-8,13,15H,14H2;1H. The van der Waals surface area contributed by atoms with Crippen LogP contribution in [0.2, 0.25) is 0 Å². The van der Waals surface area contributed by atoms with Gasteiger partial charge in [0.2, 0.25) is 0 Å². The van der Waals surface area contributed by atoms with Crippen molar-refractivity contribution in [2.45, 2.75) is 6.04 Å². The van der Waals surface area contributed by atoms with Gasteiger partial charge in [-0.05, 0) is 23.3 Å². The molecule has 0 radical (unpaired) electrons. The lowest BCUT2D eigenvalue weighted by Gasteiger charge is -2.26. The minimum atomic E-state index is -0.0151. The summed E-state index contributed by atoms with van der Waals surface area (Å²) in [6, 6.07) is 16.3. The number of nitrogens with two attached hydrogens (primary N) is 1. The van der Waals surface area contributed by atoms with Crippen molar-refractivity contribution in [3.05, 3.63) is 59.7 Å². The molecular formula is C13H13ClN2. The van der Waals surface area contributed by atoms with Gasteiger partial charge in [0, 0.05) is 11.4 Å². The smallest absolute Gasteiger partial charge is 0.0592 e. The van der Waals surface area contributed by atoms with Gasteiger partial charge in [-0.2, -0.15) is 0 Å². The van der Waals surface area contributed by atoms with E-state index in [-0.39, 0.29) is 18.4 Å². The summed E-state index contributed by atoms with van der Waals surface area (Å²) in [6.45, 7) is 0. The van der Waals surface area contributed by atoms with Gasteiger partial charge in [0.25, 0.3) is 0 Å². The molecule has 0 aromatic heterocycles. The van der Waals surface area contributed by atoms with E-state index in [2.05, 4.69) is 29.6 Å². The van der Waals surface area contributed by atoms with Gasteiger partial charge in [0.1, 0.15) is 0 Å². The lowest BCUT2D eigenvalue weighted by molar-refractivity contribution is 0.864. The SMILES string of the molecule is Cl.NC1c2ccccc2Nc2ccccc21. The Bertz CT molecular complexity index is 465. The number of para-hydroxylation sites is 2. The molecule has 2 aromatic carbocycles. The third-order valence-electron chi connectivity index (χ3n) is 2.86. The molecule has 2 aromatic rings. The second kappa shape index (κ2) is 4.16. The number of fused-ring (bicyclic) bond motifs is 2. The lowest BCUT2D eigenvalue weighted by atomic mass is 9.93. The number of halogens is 1. The Labute approximate surface area is 101 Å². The van der Waals surface area contributed by atoms with Gasteiger partial charge in [-0.15, -0.1) is 12.4 Å². The van der Waals surface area contributed by atoms with E-state index in [1.165, 1.54) is 0 Å². The molecule has 0 amide bonds.